The van der Waals surface area contributed by atoms with E-state index in [2.05, 4.69) is 58.9 Å². The minimum Gasteiger partial charge on any atom is -0.381 e. The summed E-state index contributed by atoms with van der Waals surface area (Å²) < 4.78 is 0. The molecule has 24 heavy (non-hydrogen) atoms. The zero-order chi connectivity index (χ0) is 16.2. The maximum absolute atomic E-state index is 4.58. The lowest BCUT2D eigenvalue weighted by molar-refractivity contribution is 1.31. The number of nitrogens with one attached hydrogen (secondary N) is 1. The number of hydrogen-bond donors (Lipinski definition) is 1. The first-order chi connectivity index (χ1) is 11.9. The number of rotatable bonds is 0. The Kier molecular flexibility index (Phi) is 3.95. The fourth-order valence-electron chi connectivity index (χ4n) is 2.88. The van der Waals surface area contributed by atoms with E-state index in [4.69, 9.17) is 0 Å². The maximum atomic E-state index is 4.58. The van der Waals surface area contributed by atoms with Crippen LogP contribution in [0.3, 0.4) is 0 Å². The van der Waals surface area contributed by atoms with Gasteiger partial charge in [0.05, 0.1) is 11.0 Å². The molecule has 3 aromatic carbocycles. The number of para-hydroxylation sites is 3. The molecule has 116 valence electrons. The molecule has 1 aromatic heterocycles. The summed E-state index contributed by atoms with van der Waals surface area (Å²) in [5, 5.41) is 5.68. The molecular weight excluding hydrogens is 292 g/mol. The number of pyridine rings is 1. The van der Waals surface area contributed by atoms with Crippen LogP contribution in [0, 0.1) is 0 Å². The number of anilines is 1. The third-order valence-electron chi connectivity index (χ3n) is 4.09. The molecule has 2 nitrogen and oxygen atoms in total. The molecular formula is C22H18N2. The summed E-state index contributed by atoms with van der Waals surface area (Å²) in [5.41, 5.74) is 4.65. The fourth-order valence-corrected chi connectivity index (χ4v) is 2.88. The molecule has 0 atom stereocenters. The fraction of sp³-hybridized carbons (Fsp3) is 0.0455. The van der Waals surface area contributed by atoms with Gasteiger partial charge in [-0.1, -0.05) is 66.7 Å². The van der Waals surface area contributed by atoms with Gasteiger partial charge in [-0.05, 0) is 29.8 Å². The Morgan fingerprint density at radius 1 is 0.708 bits per heavy atom. The molecule has 0 amide bonds. The predicted octanol–water partition coefficient (Wildman–Crippen LogP) is 5.51. The molecule has 0 unspecified atom stereocenters. The van der Waals surface area contributed by atoms with Gasteiger partial charge < -0.3 is 5.32 Å². The Bertz CT molecular complexity index is 913. The Hall–Kier alpha value is -3.13. The van der Waals surface area contributed by atoms with Crippen LogP contribution in [0.15, 0.2) is 84.9 Å². The van der Waals surface area contributed by atoms with E-state index in [1.165, 1.54) is 22.0 Å². The third-order valence-corrected chi connectivity index (χ3v) is 4.09. The number of hydrogen-bond acceptors (Lipinski definition) is 2. The van der Waals surface area contributed by atoms with Gasteiger partial charge in [-0.25, -0.2) is 4.98 Å². The summed E-state index contributed by atoms with van der Waals surface area (Å²) in [6.07, 6.45) is 4.27. The number of aromatic nitrogens is 1. The van der Waals surface area contributed by atoms with E-state index in [-0.39, 0.29) is 0 Å². The van der Waals surface area contributed by atoms with E-state index in [1.807, 2.05) is 42.5 Å². The summed E-state index contributed by atoms with van der Waals surface area (Å²) in [5.74, 6) is 0. The smallest absolute Gasteiger partial charge is 0.0709 e. The molecule has 0 bridgehead atoms. The maximum Gasteiger partial charge on any atom is 0.0709 e. The lowest BCUT2D eigenvalue weighted by Gasteiger charge is -2.11. The van der Waals surface area contributed by atoms with Crippen molar-refractivity contribution in [1.29, 1.82) is 0 Å². The van der Waals surface area contributed by atoms with Crippen LogP contribution >= 0.6 is 0 Å². The summed E-state index contributed by atoms with van der Waals surface area (Å²) in [7, 11) is 0. The van der Waals surface area contributed by atoms with Crippen LogP contribution in [0.25, 0.3) is 27.9 Å². The van der Waals surface area contributed by atoms with Crippen molar-refractivity contribution >= 4 is 33.6 Å². The van der Waals surface area contributed by atoms with Crippen LogP contribution in [0.1, 0.15) is 5.56 Å². The quantitative estimate of drug-likeness (QED) is 0.433. The highest BCUT2D eigenvalue weighted by Crippen LogP contribution is 2.19. The lowest BCUT2D eigenvalue weighted by Crippen LogP contribution is -2.03. The second kappa shape index (κ2) is 6.55. The van der Waals surface area contributed by atoms with Crippen LogP contribution < -0.4 is 5.32 Å². The van der Waals surface area contributed by atoms with Crippen molar-refractivity contribution in [3.63, 3.8) is 0 Å². The molecule has 0 radical (unpaired) electrons. The van der Waals surface area contributed by atoms with Gasteiger partial charge in [0, 0.05) is 23.0 Å². The van der Waals surface area contributed by atoms with Gasteiger partial charge in [-0.15, -0.1) is 0 Å². The van der Waals surface area contributed by atoms with Crippen molar-refractivity contribution < 1.29 is 0 Å². The average molecular weight is 310 g/mol. The van der Waals surface area contributed by atoms with Crippen molar-refractivity contribution in [2.75, 3.05) is 11.9 Å². The second-order valence-corrected chi connectivity index (χ2v) is 5.74. The summed E-state index contributed by atoms with van der Waals surface area (Å²) >= 11 is 0. The first kappa shape index (κ1) is 14.5. The zero-order valence-electron chi connectivity index (χ0n) is 13.3. The minimum atomic E-state index is 0.955. The van der Waals surface area contributed by atoms with Crippen molar-refractivity contribution in [3.05, 3.63) is 90.5 Å². The van der Waals surface area contributed by atoms with E-state index in [0.717, 1.165) is 17.6 Å². The minimum absolute atomic E-state index is 0.955. The molecule has 5 rings (SSSR count). The predicted molar refractivity (Wildman–Crippen MR) is 103 cm³/mol. The second-order valence-electron chi connectivity index (χ2n) is 5.74. The molecule has 1 N–H and O–H groups in total. The van der Waals surface area contributed by atoms with Gasteiger partial charge in [-0.2, -0.15) is 0 Å². The van der Waals surface area contributed by atoms with E-state index in [1.54, 1.807) is 0 Å². The standard InChI is InChI=1S/C13H9N.C9H9N/c1-3-7-12-10(5-1)9-11-6-2-4-8-13(11)14-12;1-2-6-9-8(4-1)5-3-7-10-9/h1-9H;1-6,10H,7H2. The Balaban J connectivity index is 0.000000129. The lowest BCUT2D eigenvalue weighted by atomic mass is 10.1. The highest BCUT2D eigenvalue weighted by molar-refractivity contribution is 5.92. The van der Waals surface area contributed by atoms with Crippen molar-refractivity contribution in [3.8, 4) is 0 Å². The Labute approximate surface area is 141 Å². The molecule has 1 aliphatic heterocycles. The molecule has 0 saturated heterocycles. The van der Waals surface area contributed by atoms with E-state index in [9.17, 15) is 0 Å². The average Bonchev–Trinajstić information content (AvgIpc) is 2.67. The number of nitrogens with zero attached hydrogens (tertiary/aromatic N) is 1. The van der Waals surface area contributed by atoms with Crippen LogP contribution in [-0.4, -0.2) is 11.5 Å². The molecule has 4 aromatic rings. The first-order valence-corrected chi connectivity index (χ1v) is 8.14. The highest BCUT2D eigenvalue weighted by atomic mass is 14.9. The molecule has 2 heteroatoms. The van der Waals surface area contributed by atoms with Gasteiger partial charge in [0.15, 0.2) is 0 Å². The van der Waals surface area contributed by atoms with Gasteiger partial charge in [0.2, 0.25) is 0 Å². The Morgan fingerprint density at radius 3 is 2.04 bits per heavy atom. The van der Waals surface area contributed by atoms with E-state index >= 15 is 0 Å². The molecule has 0 saturated carbocycles. The summed E-state index contributed by atoms with van der Waals surface area (Å²) in [4.78, 5) is 4.58. The van der Waals surface area contributed by atoms with Gasteiger partial charge in [0.1, 0.15) is 0 Å². The molecule has 1 aliphatic rings. The Morgan fingerprint density at radius 2 is 1.33 bits per heavy atom. The van der Waals surface area contributed by atoms with Crippen LogP contribution in [0.5, 0.6) is 0 Å². The highest BCUT2D eigenvalue weighted by Gasteiger charge is 1.99. The van der Waals surface area contributed by atoms with E-state index < -0.39 is 0 Å². The number of benzene rings is 3. The molecule has 0 spiro atoms. The van der Waals surface area contributed by atoms with Crippen LogP contribution in [0.4, 0.5) is 5.69 Å². The molecule has 0 fully saturated rings. The van der Waals surface area contributed by atoms with Crippen molar-refractivity contribution in [2.45, 2.75) is 0 Å². The van der Waals surface area contributed by atoms with Gasteiger partial charge >= 0.3 is 0 Å². The topological polar surface area (TPSA) is 24.9 Å². The monoisotopic (exact) mass is 310 g/mol. The van der Waals surface area contributed by atoms with Crippen LogP contribution in [0.2, 0.25) is 0 Å². The first-order valence-electron chi connectivity index (χ1n) is 8.14. The summed E-state index contributed by atoms with van der Waals surface area (Å²) in [6.45, 7) is 0.955. The van der Waals surface area contributed by atoms with Crippen molar-refractivity contribution in [1.82, 2.24) is 4.98 Å². The summed E-state index contributed by atoms with van der Waals surface area (Å²) in [6, 6.07) is 26.9. The number of fused-ring (bicyclic) bond motifs is 3. The van der Waals surface area contributed by atoms with Crippen molar-refractivity contribution in [2.24, 2.45) is 0 Å². The molecule has 0 aliphatic carbocycles. The SMILES string of the molecule is C1=Cc2ccccc2NC1.c1ccc2nc3ccccc3cc2c1. The largest absolute Gasteiger partial charge is 0.381 e. The molecule has 2 heterocycles. The zero-order valence-corrected chi connectivity index (χ0v) is 13.3. The van der Waals surface area contributed by atoms with E-state index in [0.29, 0.717) is 0 Å². The normalized spacial score (nSPS) is 12.2. The van der Waals surface area contributed by atoms with Gasteiger partial charge in [0.25, 0.3) is 0 Å². The van der Waals surface area contributed by atoms with Gasteiger partial charge in [-0.3, -0.25) is 0 Å². The third kappa shape index (κ3) is 2.99. The van der Waals surface area contributed by atoms with Crippen LogP contribution in [-0.2, 0) is 0 Å².